The van der Waals surface area contributed by atoms with Gasteiger partial charge in [0.25, 0.3) is 10.1 Å². The minimum Gasteiger partial charge on any atom is -0.286 e. The Kier molecular flexibility index (Phi) is 4.89. The number of rotatable bonds is 6. The molecule has 16 heavy (non-hydrogen) atoms. The Balaban J connectivity index is 2.51. The first-order valence-corrected chi connectivity index (χ1v) is 7.05. The van der Waals surface area contributed by atoms with Gasteiger partial charge in [0, 0.05) is 25.0 Å². The van der Waals surface area contributed by atoms with Gasteiger partial charge in [-0.05, 0) is 6.42 Å². The van der Waals surface area contributed by atoms with Gasteiger partial charge in [0.05, 0.1) is 5.75 Å². The van der Waals surface area contributed by atoms with Gasteiger partial charge < -0.3 is 0 Å². The summed E-state index contributed by atoms with van der Waals surface area (Å²) in [7, 11) is -3.82. The van der Waals surface area contributed by atoms with Gasteiger partial charge in [-0.1, -0.05) is 13.0 Å². The molecule has 0 bridgehead atoms. The van der Waals surface area contributed by atoms with E-state index in [1.165, 1.54) is 0 Å². The van der Waals surface area contributed by atoms with Crippen molar-refractivity contribution in [1.82, 2.24) is 0 Å². The summed E-state index contributed by atoms with van der Waals surface area (Å²) >= 11 is 0. The Bertz CT molecular complexity index is 402. The first-order chi connectivity index (χ1) is 7.53. The molecule has 1 aromatic rings. The van der Waals surface area contributed by atoms with Crippen LogP contribution in [0.4, 0.5) is 0 Å². The number of hydrogen-bond acceptors (Lipinski definition) is 2. The smallest absolute Gasteiger partial charge is 0.264 e. The Hall–Kier alpha value is -0.940. The van der Waals surface area contributed by atoms with E-state index in [0.717, 1.165) is 12.8 Å². The van der Waals surface area contributed by atoms with Crippen LogP contribution in [0.5, 0.6) is 0 Å². The lowest BCUT2D eigenvalue weighted by Crippen LogP contribution is -2.38. The molecule has 0 radical (unpaired) electrons. The van der Waals surface area contributed by atoms with Crippen molar-refractivity contribution >= 4 is 10.1 Å². The molecular formula is C11H18NO3S+. The summed E-state index contributed by atoms with van der Waals surface area (Å²) in [6, 6.07) is 6.14. The summed E-state index contributed by atoms with van der Waals surface area (Å²) in [6.45, 7) is 2.07. The molecule has 1 aromatic heterocycles. The van der Waals surface area contributed by atoms with Crippen molar-refractivity contribution in [2.24, 2.45) is 0 Å². The topological polar surface area (TPSA) is 58.3 Å². The Morgan fingerprint density at radius 1 is 1.25 bits per heavy atom. The van der Waals surface area contributed by atoms with Gasteiger partial charge in [-0.3, -0.25) is 4.55 Å². The molecule has 1 unspecified atom stereocenters. The minimum absolute atomic E-state index is 0.156. The third kappa shape index (κ3) is 4.72. The van der Waals surface area contributed by atoms with Crippen molar-refractivity contribution in [3.8, 4) is 0 Å². The number of hydrogen-bond donors (Lipinski definition) is 1. The third-order valence-corrected chi connectivity index (χ3v) is 3.38. The van der Waals surface area contributed by atoms with Crippen LogP contribution in [0.3, 0.4) is 0 Å². The standard InChI is InChI=1S/C11H17NO3S/c1-2-11(7-6-10-16(13,14)15)12-8-4-3-5-9-12/h3-5,8-9,11H,2,6-7,10H2,1H3/p+1. The Labute approximate surface area is 96.7 Å². The fourth-order valence-electron chi connectivity index (χ4n) is 1.72. The van der Waals surface area contributed by atoms with E-state index in [1.54, 1.807) is 0 Å². The maximum Gasteiger partial charge on any atom is 0.264 e. The molecule has 0 aliphatic carbocycles. The summed E-state index contributed by atoms with van der Waals surface area (Å²) in [5.41, 5.74) is 0. The molecule has 4 nitrogen and oxygen atoms in total. The second-order valence-corrected chi connectivity index (χ2v) is 5.39. The van der Waals surface area contributed by atoms with E-state index in [-0.39, 0.29) is 5.75 Å². The van der Waals surface area contributed by atoms with Crippen molar-refractivity contribution in [3.05, 3.63) is 30.6 Å². The normalized spacial score (nSPS) is 13.6. The summed E-state index contributed by atoms with van der Waals surface area (Å²) in [6.07, 6.45) is 6.13. The lowest BCUT2D eigenvalue weighted by molar-refractivity contribution is -0.724. The van der Waals surface area contributed by atoms with Crippen LogP contribution in [-0.2, 0) is 10.1 Å². The monoisotopic (exact) mass is 244 g/mol. The van der Waals surface area contributed by atoms with Crippen molar-refractivity contribution in [1.29, 1.82) is 0 Å². The fourth-order valence-corrected chi connectivity index (χ4v) is 2.25. The molecule has 0 aromatic carbocycles. The zero-order valence-electron chi connectivity index (χ0n) is 9.41. The van der Waals surface area contributed by atoms with Crippen LogP contribution in [0.25, 0.3) is 0 Å². The van der Waals surface area contributed by atoms with Crippen molar-refractivity contribution in [2.75, 3.05) is 5.75 Å². The summed E-state index contributed by atoms with van der Waals surface area (Å²) in [5.74, 6) is -0.156. The summed E-state index contributed by atoms with van der Waals surface area (Å²) in [4.78, 5) is 0. The second kappa shape index (κ2) is 5.96. The van der Waals surface area contributed by atoms with E-state index in [9.17, 15) is 8.42 Å². The van der Waals surface area contributed by atoms with Crippen LogP contribution >= 0.6 is 0 Å². The van der Waals surface area contributed by atoms with Crippen LogP contribution in [-0.4, -0.2) is 18.7 Å². The molecule has 0 saturated carbocycles. The van der Waals surface area contributed by atoms with E-state index < -0.39 is 10.1 Å². The lowest BCUT2D eigenvalue weighted by atomic mass is 10.1. The van der Waals surface area contributed by atoms with Crippen molar-refractivity contribution in [2.45, 2.75) is 32.2 Å². The molecule has 1 rings (SSSR count). The fraction of sp³-hybridized carbons (Fsp3) is 0.545. The quantitative estimate of drug-likeness (QED) is 0.610. The Morgan fingerprint density at radius 3 is 2.38 bits per heavy atom. The number of pyridine rings is 1. The molecule has 0 fully saturated rings. The van der Waals surface area contributed by atoms with E-state index >= 15 is 0 Å². The zero-order chi connectivity index (χ0) is 12.0. The van der Waals surface area contributed by atoms with E-state index in [4.69, 9.17) is 4.55 Å². The predicted octanol–water partition coefficient (Wildman–Crippen LogP) is 1.59. The van der Waals surface area contributed by atoms with E-state index in [0.29, 0.717) is 12.5 Å². The molecule has 0 amide bonds. The molecule has 0 saturated heterocycles. The average Bonchev–Trinajstić information content (AvgIpc) is 2.24. The maximum atomic E-state index is 10.6. The second-order valence-electron chi connectivity index (χ2n) is 3.81. The lowest BCUT2D eigenvalue weighted by Gasteiger charge is -2.09. The van der Waals surface area contributed by atoms with E-state index in [2.05, 4.69) is 11.5 Å². The highest BCUT2D eigenvalue weighted by Crippen LogP contribution is 2.11. The van der Waals surface area contributed by atoms with Gasteiger partial charge in [-0.15, -0.1) is 0 Å². The molecule has 1 N–H and O–H groups in total. The molecule has 1 heterocycles. The average molecular weight is 244 g/mol. The van der Waals surface area contributed by atoms with Crippen LogP contribution in [0.1, 0.15) is 32.2 Å². The van der Waals surface area contributed by atoms with Gasteiger partial charge in [0.1, 0.15) is 0 Å². The highest BCUT2D eigenvalue weighted by molar-refractivity contribution is 7.85. The van der Waals surface area contributed by atoms with Gasteiger partial charge in [0.2, 0.25) is 0 Å². The molecular weight excluding hydrogens is 226 g/mol. The number of nitrogens with zero attached hydrogens (tertiary/aromatic N) is 1. The van der Waals surface area contributed by atoms with Gasteiger partial charge in [-0.25, -0.2) is 4.57 Å². The first-order valence-electron chi connectivity index (χ1n) is 5.44. The van der Waals surface area contributed by atoms with Crippen LogP contribution < -0.4 is 4.57 Å². The molecule has 0 spiro atoms. The Morgan fingerprint density at radius 2 is 1.88 bits per heavy atom. The highest BCUT2D eigenvalue weighted by Gasteiger charge is 2.16. The van der Waals surface area contributed by atoms with Crippen molar-refractivity contribution < 1.29 is 17.5 Å². The summed E-state index contributed by atoms with van der Waals surface area (Å²) < 4.78 is 31.9. The maximum absolute atomic E-state index is 10.6. The molecule has 0 aliphatic heterocycles. The van der Waals surface area contributed by atoms with E-state index in [1.807, 2.05) is 30.6 Å². The highest BCUT2D eigenvalue weighted by atomic mass is 32.2. The third-order valence-electron chi connectivity index (χ3n) is 2.57. The molecule has 5 heteroatoms. The predicted molar refractivity (Wildman–Crippen MR) is 61.6 cm³/mol. The minimum atomic E-state index is -3.82. The molecule has 90 valence electrons. The zero-order valence-corrected chi connectivity index (χ0v) is 10.2. The largest absolute Gasteiger partial charge is 0.286 e. The molecule has 0 aliphatic rings. The van der Waals surface area contributed by atoms with Gasteiger partial charge >= 0.3 is 0 Å². The molecule has 1 atom stereocenters. The van der Waals surface area contributed by atoms with Crippen LogP contribution in [0.15, 0.2) is 30.6 Å². The first kappa shape index (κ1) is 13.1. The van der Waals surface area contributed by atoms with Gasteiger partial charge in [0.15, 0.2) is 18.4 Å². The van der Waals surface area contributed by atoms with Crippen LogP contribution in [0.2, 0.25) is 0 Å². The van der Waals surface area contributed by atoms with Crippen LogP contribution in [0, 0.1) is 0 Å². The van der Waals surface area contributed by atoms with Crippen molar-refractivity contribution in [3.63, 3.8) is 0 Å². The SMILES string of the molecule is CCC(CCCS(=O)(=O)O)[n+]1ccccc1. The number of aromatic nitrogens is 1. The van der Waals surface area contributed by atoms with Gasteiger partial charge in [-0.2, -0.15) is 8.42 Å². The summed E-state index contributed by atoms with van der Waals surface area (Å²) in [5, 5.41) is 0.